The van der Waals surface area contributed by atoms with Crippen molar-refractivity contribution in [2.45, 2.75) is 17.8 Å². The first-order chi connectivity index (χ1) is 10.3. The Balaban J connectivity index is 1.82. The number of ether oxygens (including phenoxy) is 1. The van der Waals surface area contributed by atoms with Gasteiger partial charge >= 0.3 is 0 Å². The van der Waals surface area contributed by atoms with E-state index in [2.05, 4.69) is 15.4 Å². The van der Waals surface area contributed by atoms with Crippen molar-refractivity contribution in [3.05, 3.63) is 48.1 Å². The lowest BCUT2D eigenvalue weighted by molar-refractivity contribution is 0.396. The predicted molar refractivity (Wildman–Crippen MR) is 78.7 cm³/mol. The molecule has 3 aromatic rings. The van der Waals surface area contributed by atoms with Gasteiger partial charge in [-0.15, -0.1) is 10.2 Å². The predicted octanol–water partition coefficient (Wildman–Crippen LogP) is 2.86. The lowest BCUT2D eigenvalue weighted by Crippen LogP contribution is -1.96. The van der Waals surface area contributed by atoms with Gasteiger partial charge in [0.15, 0.2) is 5.16 Å². The van der Waals surface area contributed by atoms with Crippen molar-refractivity contribution in [1.82, 2.24) is 19.9 Å². The van der Waals surface area contributed by atoms with E-state index >= 15 is 0 Å². The van der Waals surface area contributed by atoms with E-state index in [0.29, 0.717) is 0 Å². The molecule has 3 rings (SSSR count). The van der Waals surface area contributed by atoms with Crippen LogP contribution in [-0.2, 0) is 5.75 Å². The fourth-order valence-corrected chi connectivity index (χ4v) is 2.82. The molecule has 1 aromatic carbocycles. The zero-order valence-corrected chi connectivity index (χ0v) is 12.5. The summed E-state index contributed by atoms with van der Waals surface area (Å²) < 4.78 is 12.2. The van der Waals surface area contributed by atoms with Crippen LogP contribution in [0.2, 0.25) is 0 Å². The summed E-state index contributed by atoms with van der Waals surface area (Å²) in [5.41, 5.74) is 2.02. The van der Waals surface area contributed by atoms with Crippen molar-refractivity contribution < 1.29 is 9.26 Å². The van der Waals surface area contributed by atoms with Crippen LogP contribution in [0, 0.1) is 6.92 Å². The third-order valence-electron chi connectivity index (χ3n) is 3.06. The van der Waals surface area contributed by atoms with Gasteiger partial charge in [0.05, 0.1) is 19.0 Å². The maximum Gasteiger partial charge on any atom is 0.195 e. The highest BCUT2D eigenvalue weighted by molar-refractivity contribution is 7.98. The number of aromatic nitrogens is 4. The number of hydrogen-bond acceptors (Lipinski definition) is 6. The molecule has 0 aliphatic carbocycles. The van der Waals surface area contributed by atoms with Crippen LogP contribution in [0.25, 0.3) is 5.69 Å². The summed E-state index contributed by atoms with van der Waals surface area (Å²) in [6, 6.07) is 7.77. The third-order valence-corrected chi connectivity index (χ3v) is 4.05. The minimum atomic E-state index is 0.734. The number of thioether (sulfide) groups is 1. The molecule has 0 saturated heterocycles. The fraction of sp³-hybridized carbons (Fsp3) is 0.214. The molecule has 0 bridgehead atoms. The molecular weight excluding hydrogens is 288 g/mol. The van der Waals surface area contributed by atoms with Crippen LogP contribution < -0.4 is 4.74 Å². The highest BCUT2D eigenvalue weighted by atomic mass is 32.2. The Kier molecular flexibility index (Phi) is 3.92. The Bertz CT molecular complexity index is 738. The SMILES string of the molecule is COc1cccc(-n2cnnc2SCc2cnoc2C)c1. The smallest absolute Gasteiger partial charge is 0.195 e. The van der Waals surface area contributed by atoms with Crippen LogP contribution in [0.1, 0.15) is 11.3 Å². The highest BCUT2D eigenvalue weighted by Gasteiger charge is 2.10. The summed E-state index contributed by atoms with van der Waals surface area (Å²) in [5.74, 6) is 2.36. The average Bonchev–Trinajstić information content (AvgIpc) is 3.14. The quantitative estimate of drug-likeness (QED) is 0.675. The van der Waals surface area contributed by atoms with Gasteiger partial charge in [0.1, 0.15) is 17.8 Å². The highest BCUT2D eigenvalue weighted by Crippen LogP contribution is 2.25. The zero-order valence-electron chi connectivity index (χ0n) is 11.7. The second-order valence-corrected chi connectivity index (χ2v) is 5.32. The second-order valence-electron chi connectivity index (χ2n) is 4.38. The molecule has 0 aliphatic heterocycles. The number of nitrogens with zero attached hydrogens (tertiary/aromatic N) is 4. The first kappa shape index (κ1) is 13.7. The van der Waals surface area contributed by atoms with E-state index < -0.39 is 0 Å². The maximum atomic E-state index is 5.25. The molecule has 6 nitrogen and oxygen atoms in total. The van der Waals surface area contributed by atoms with E-state index in [1.54, 1.807) is 31.4 Å². The van der Waals surface area contributed by atoms with Gasteiger partial charge in [0.2, 0.25) is 0 Å². The molecular formula is C14H14N4O2S. The third kappa shape index (κ3) is 2.92. The van der Waals surface area contributed by atoms with E-state index in [1.165, 1.54) is 0 Å². The molecule has 7 heteroatoms. The van der Waals surface area contributed by atoms with Gasteiger partial charge in [-0.1, -0.05) is 23.0 Å². The molecule has 0 radical (unpaired) electrons. The fourth-order valence-electron chi connectivity index (χ4n) is 1.86. The first-order valence-corrected chi connectivity index (χ1v) is 7.34. The summed E-state index contributed by atoms with van der Waals surface area (Å²) in [4.78, 5) is 0. The van der Waals surface area contributed by atoms with Gasteiger partial charge in [-0.3, -0.25) is 4.57 Å². The molecule has 0 unspecified atom stereocenters. The van der Waals surface area contributed by atoms with Gasteiger partial charge in [0.25, 0.3) is 0 Å². The van der Waals surface area contributed by atoms with Crippen molar-refractivity contribution >= 4 is 11.8 Å². The van der Waals surface area contributed by atoms with Gasteiger partial charge in [-0.05, 0) is 19.1 Å². The van der Waals surface area contributed by atoms with E-state index in [1.807, 2.05) is 35.8 Å². The Morgan fingerprint density at radius 3 is 3.05 bits per heavy atom. The Labute approximate surface area is 126 Å². The number of methoxy groups -OCH3 is 1. The van der Waals surface area contributed by atoms with E-state index in [9.17, 15) is 0 Å². The van der Waals surface area contributed by atoms with Gasteiger partial charge in [-0.2, -0.15) is 0 Å². The Morgan fingerprint density at radius 2 is 2.29 bits per heavy atom. The van der Waals surface area contributed by atoms with E-state index in [4.69, 9.17) is 9.26 Å². The number of aryl methyl sites for hydroxylation is 1. The van der Waals surface area contributed by atoms with Gasteiger partial charge in [0, 0.05) is 17.4 Å². The summed E-state index contributed by atoms with van der Waals surface area (Å²) in [5, 5.41) is 12.7. The largest absolute Gasteiger partial charge is 0.497 e. The van der Waals surface area contributed by atoms with Crippen LogP contribution >= 0.6 is 11.8 Å². The van der Waals surface area contributed by atoms with Crippen LogP contribution in [0.3, 0.4) is 0 Å². The average molecular weight is 302 g/mol. The van der Waals surface area contributed by atoms with Crippen LogP contribution in [0.5, 0.6) is 5.75 Å². The molecule has 0 N–H and O–H groups in total. The van der Waals surface area contributed by atoms with Crippen molar-refractivity contribution in [2.75, 3.05) is 7.11 Å². The molecule has 2 aromatic heterocycles. The van der Waals surface area contributed by atoms with Crippen molar-refractivity contribution in [3.8, 4) is 11.4 Å². The Hall–Kier alpha value is -2.28. The second kappa shape index (κ2) is 6.01. The van der Waals surface area contributed by atoms with Crippen LogP contribution in [0.15, 0.2) is 46.5 Å². The zero-order chi connectivity index (χ0) is 14.7. The molecule has 0 atom stereocenters. The van der Waals surface area contributed by atoms with Gasteiger partial charge in [-0.25, -0.2) is 0 Å². The summed E-state index contributed by atoms with van der Waals surface area (Å²) in [7, 11) is 1.65. The lowest BCUT2D eigenvalue weighted by Gasteiger charge is -2.07. The van der Waals surface area contributed by atoms with E-state index in [0.717, 1.165) is 33.7 Å². The number of hydrogen-bond donors (Lipinski definition) is 0. The van der Waals surface area contributed by atoms with E-state index in [-0.39, 0.29) is 0 Å². The molecule has 0 saturated carbocycles. The number of rotatable bonds is 5. The molecule has 2 heterocycles. The summed E-state index contributed by atoms with van der Waals surface area (Å²) >= 11 is 1.58. The topological polar surface area (TPSA) is 66.0 Å². The van der Waals surface area contributed by atoms with Gasteiger partial charge < -0.3 is 9.26 Å². The molecule has 0 spiro atoms. The summed E-state index contributed by atoms with van der Waals surface area (Å²) in [6.07, 6.45) is 3.42. The standard InChI is InChI=1S/C14H14N4O2S/c1-10-11(7-16-20-10)8-21-14-17-15-9-18(14)12-4-3-5-13(6-12)19-2/h3-7,9H,8H2,1-2H3. The summed E-state index contributed by atoms with van der Waals surface area (Å²) in [6.45, 7) is 1.90. The molecule has 21 heavy (non-hydrogen) atoms. The van der Waals surface area contributed by atoms with Crippen molar-refractivity contribution in [3.63, 3.8) is 0 Å². The minimum absolute atomic E-state index is 0.734. The molecule has 0 aliphatic rings. The van der Waals surface area contributed by atoms with Crippen LogP contribution in [-0.4, -0.2) is 27.0 Å². The molecule has 0 fully saturated rings. The van der Waals surface area contributed by atoms with Crippen LogP contribution in [0.4, 0.5) is 0 Å². The lowest BCUT2D eigenvalue weighted by atomic mass is 10.3. The van der Waals surface area contributed by atoms with Crippen molar-refractivity contribution in [1.29, 1.82) is 0 Å². The molecule has 108 valence electrons. The van der Waals surface area contributed by atoms with Crippen molar-refractivity contribution in [2.24, 2.45) is 0 Å². The molecule has 0 amide bonds. The normalized spacial score (nSPS) is 10.8. The first-order valence-electron chi connectivity index (χ1n) is 6.35. The maximum absolute atomic E-state index is 5.25. The number of benzene rings is 1. The minimum Gasteiger partial charge on any atom is -0.497 e. The Morgan fingerprint density at radius 1 is 1.38 bits per heavy atom. The monoisotopic (exact) mass is 302 g/mol.